The molecule has 1 atom stereocenters. The monoisotopic (exact) mass is 269 g/mol. The van der Waals surface area contributed by atoms with Crippen molar-refractivity contribution < 1.29 is 0 Å². The molecule has 0 heterocycles. The van der Waals surface area contributed by atoms with Crippen LogP contribution in [0, 0.1) is 5.92 Å². The maximum absolute atomic E-state index is 3.47. The molecule has 0 aliphatic carbocycles. The Morgan fingerprint density at radius 3 is 2.40 bits per heavy atom. The van der Waals surface area contributed by atoms with Crippen molar-refractivity contribution >= 4 is 10.8 Å². The first-order valence-corrected chi connectivity index (χ1v) is 7.84. The standard InChI is InChI=1S/C19H27N/c1-15(2)7-6-10-19(20-3)14-16-11-12-17-8-4-5-9-18(17)13-16/h4-5,8-9,11-13,15,19-20H,6-7,10,14H2,1-3H3. The molecule has 0 amide bonds. The second-order valence-corrected chi connectivity index (χ2v) is 6.20. The van der Waals surface area contributed by atoms with Crippen molar-refractivity contribution in [3.63, 3.8) is 0 Å². The minimum absolute atomic E-state index is 0.593. The topological polar surface area (TPSA) is 12.0 Å². The summed E-state index contributed by atoms with van der Waals surface area (Å²) >= 11 is 0. The summed E-state index contributed by atoms with van der Waals surface area (Å²) in [6.07, 6.45) is 5.04. The largest absolute Gasteiger partial charge is 0.317 e. The van der Waals surface area contributed by atoms with Gasteiger partial charge in [0.1, 0.15) is 0 Å². The Morgan fingerprint density at radius 2 is 1.70 bits per heavy atom. The molecule has 0 aromatic heterocycles. The van der Waals surface area contributed by atoms with Crippen molar-refractivity contribution in [3.8, 4) is 0 Å². The third-order valence-electron chi connectivity index (χ3n) is 4.04. The van der Waals surface area contributed by atoms with E-state index in [-0.39, 0.29) is 0 Å². The number of nitrogens with one attached hydrogen (secondary N) is 1. The van der Waals surface area contributed by atoms with E-state index in [2.05, 4.69) is 68.7 Å². The Bertz CT molecular complexity index is 530. The maximum atomic E-state index is 3.47. The summed E-state index contributed by atoms with van der Waals surface area (Å²) < 4.78 is 0. The van der Waals surface area contributed by atoms with Gasteiger partial charge in [-0.1, -0.05) is 69.2 Å². The van der Waals surface area contributed by atoms with Crippen molar-refractivity contribution in [2.24, 2.45) is 5.92 Å². The zero-order valence-corrected chi connectivity index (χ0v) is 13.0. The van der Waals surface area contributed by atoms with Gasteiger partial charge >= 0.3 is 0 Å². The number of rotatable bonds is 7. The smallest absolute Gasteiger partial charge is 0.0104 e. The molecule has 108 valence electrons. The van der Waals surface area contributed by atoms with Crippen LogP contribution in [0.25, 0.3) is 10.8 Å². The van der Waals surface area contributed by atoms with Gasteiger partial charge in [-0.25, -0.2) is 0 Å². The lowest BCUT2D eigenvalue weighted by atomic mass is 9.97. The number of hydrogen-bond acceptors (Lipinski definition) is 1. The van der Waals surface area contributed by atoms with E-state index >= 15 is 0 Å². The van der Waals surface area contributed by atoms with Crippen molar-refractivity contribution in [1.82, 2.24) is 5.32 Å². The van der Waals surface area contributed by atoms with Crippen LogP contribution in [0.15, 0.2) is 42.5 Å². The quantitative estimate of drug-likeness (QED) is 0.761. The van der Waals surface area contributed by atoms with Gasteiger partial charge in [-0.3, -0.25) is 0 Å². The minimum Gasteiger partial charge on any atom is -0.317 e. The average Bonchev–Trinajstić information content (AvgIpc) is 2.45. The van der Waals surface area contributed by atoms with Crippen molar-refractivity contribution in [2.45, 2.75) is 45.6 Å². The van der Waals surface area contributed by atoms with Crippen molar-refractivity contribution in [3.05, 3.63) is 48.0 Å². The zero-order valence-electron chi connectivity index (χ0n) is 13.0. The first kappa shape index (κ1) is 15.1. The fourth-order valence-corrected chi connectivity index (χ4v) is 2.77. The summed E-state index contributed by atoms with van der Waals surface area (Å²) in [5, 5.41) is 6.15. The van der Waals surface area contributed by atoms with Crippen LogP contribution in [0.3, 0.4) is 0 Å². The van der Waals surface area contributed by atoms with Crippen LogP contribution in [0.5, 0.6) is 0 Å². The fourth-order valence-electron chi connectivity index (χ4n) is 2.77. The van der Waals surface area contributed by atoms with E-state index in [0.29, 0.717) is 6.04 Å². The van der Waals surface area contributed by atoms with E-state index in [9.17, 15) is 0 Å². The second kappa shape index (κ2) is 7.44. The van der Waals surface area contributed by atoms with Crippen LogP contribution in [-0.4, -0.2) is 13.1 Å². The molecule has 20 heavy (non-hydrogen) atoms. The molecule has 1 unspecified atom stereocenters. The first-order valence-electron chi connectivity index (χ1n) is 7.84. The molecular weight excluding hydrogens is 242 g/mol. The van der Waals surface area contributed by atoms with E-state index in [1.54, 1.807) is 0 Å². The highest BCUT2D eigenvalue weighted by molar-refractivity contribution is 5.82. The Kier molecular flexibility index (Phi) is 5.60. The van der Waals surface area contributed by atoms with Gasteiger partial charge < -0.3 is 5.32 Å². The van der Waals surface area contributed by atoms with Gasteiger partial charge in [-0.2, -0.15) is 0 Å². The normalized spacial score (nSPS) is 13.0. The predicted octanol–water partition coefficient (Wildman–Crippen LogP) is 4.80. The number of hydrogen-bond donors (Lipinski definition) is 1. The SMILES string of the molecule is CNC(CCCC(C)C)Cc1ccc2ccccc2c1. The molecule has 0 fully saturated rings. The molecule has 2 aromatic rings. The molecule has 0 aliphatic heterocycles. The number of fused-ring (bicyclic) bond motifs is 1. The van der Waals surface area contributed by atoms with E-state index in [1.165, 1.54) is 35.6 Å². The summed E-state index contributed by atoms with van der Waals surface area (Å²) in [5.41, 5.74) is 1.44. The van der Waals surface area contributed by atoms with E-state index < -0.39 is 0 Å². The molecule has 1 N–H and O–H groups in total. The Morgan fingerprint density at radius 1 is 0.950 bits per heavy atom. The van der Waals surface area contributed by atoms with Gasteiger partial charge in [0.05, 0.1) is 0 Å². The zero-order chi connectivity index (χ0) is 14.4. The Labute approximate surface area is 123 Å². The second-order valence-electron chi connectivity index (χ2n) is 6.20. The molecule has 2 aromatic carbocycles. The maximum Gasteiger partial charge on any atom is 0.0104 e. The number of likely N-dealkylation sites (N-methyl/N-ethyl adjacent to an activating group) is 1. The summed E-state index contributed by atoms with van der Waals surface area (Å²) in [5.74, 6) is 0.813. The van der Waals surface area contributed by atoms with Crippen LogP contribution in [-0.2, 0) is 6.42 Å². The molecule has 0 spiro atoms. The first-order chi connectivity index (χ1) is 9.69. The molecule has 0 saturated carbocycles. The molecule has 0 radical (unpaired) electrons. The van der Waals surface area contributed by atoms with Crippen LogP contribution in [0.1, 0.15) is 38.7 Å². The Balaban J connectivity index is 1.98. The van der Waals surface area contributed by atoms with E-state index in [4.69, 9.17) is 0 Å². The van der Waals surface area contributed by atoms with Gasteiger partial charge in [0, 0.05) is 6.04 Å². The Hall–Kier alpha value is -1.34. The highest BCUT2D eigenvalue weighted by atomic mass is 14.9. The summed E-state index contributed by atoms with van der Waals surface area (Å²) in [4.78, 5) is 0. The fraction of sp³-hybridized carbons (Fsp3) is 0.474. The summed E-state index contributed by atoms with van der Waals surface area (Å²) in [7, 11) is 2.08. The van der Waals surface area contributed by atoms with Crippen LogP contribution < -0.4 is 5.32 Å². The van der Waals surface area contributed by atoms with Crippen LogP contribution in [0.4, 0.5) is 0 Å². The summed E-state index contributed by atoms with van der Waals surface area (Å²) in [6.45, 7) is 4.61. The van der Waals surface area contributed by atoms with Gasteiger partial charge in [0.15, 0.2) is 0 Å². The lowest BCUT2D eigenvalue weighted by Crippen LogP contribution is -2.27. The minimum atomic E-state index is 0.593. The average molecular weight is 269 g/mol. The molecular formula is C19H27N. The van der Waals surface area contributed by atoms with Crippen molar-refractivity contribution in [2.75, 3.05) is 7.05 Å². The van der Waals surface area contributed by atoms with Gasteiger partial charge in [-0.15, -0.1) is 0 Å². The molecule has 0 saturated heterocycles. The summed E-state index contributed by atoms with van der Waals surface area (Å²) in [6, 6.07) is 16.0. The predicted molar refractivity (Wildman–Crippen MR) is 89.2 cm³/mol. The lowest BCUT2D eigenvalue weighted by Gasteiger charge is -2.17. The van der Waals surface area contributed by atoms with Crippen LogP contribution >= 0.6 is 0 Å². The molecule has 0 bridgehead atoms. The third-order valence-corrected chi connectivity index (χ3v) is 4.04. The third kappa shape index (κ3) is 4.35. The van der Waals surface area contributed by atoms with Gasteiger partial charge in [0.2, 0.25) is 0 Å². The molecule has 1 nitrogen and oxygen atoms in total. The van der Waals surface area contributed by atoms with Gasteiger partial charge in [0.25, 0.3) is 0 Å². The molecule has 1 heteroatoms. The number of benzene rings is 2. The van der Waals surface area contributed by atoms with Crippen molar-refractivity contribution in [1.29, 1.82) is 0 Å². The molecule has 0 aliphatic rings. The molecule has 2 rings (SSSR count). The highest BCUT2D eigenvalue weighted by Crippen LogP contribution is 2.18. The highest BCUT2D eigenvalue weighted by Gasteiger charge is 2.08. The van der Waals surface area contributed by atoms with E-state index in [1.807, 2.05) is 0 Å². The van der Waals surface area contributed by atoms with Crippen LogP contribution in [0.2, 0.25) is 0 Å². The lowest BCUT2D eigenvalue weighted by molar-refractivity contribution is 0.457. The van der Waals surface area contributed by atoms with E-state index in [0.717, 1.165) is 12.3 Å². The van der Waals surface area contributed by atoms with Gasteiger partial charge in [-0.05, 0) is 42.1 Å².